The van der Waals surface area contributed by atoms with E-state index in [2.05, 4.69) is 5.32 Å². The summed E-state index contributed by atoms with van der Waals surface area (Å²) in [4.78, 5) is 32.0. The number of benzene rings is 1. The van der Waals surface area contributed by atoms with Gasteiger partial charge < -0.3 is 10.4 Å². The number of amides is 1. The van der Waals surface area contributed by atoms with E-state index in [0.717, 1.165) is 0 Å². The molecule has 0 spiro atoms. The van der Waals surface area contributed by atoms with Gasteiger partial charge in [0.25, 0.3) is 5.69 Å². The Morgan fingerprint density at radius 3 is 2.74 bits per heavy atom. The number of nitrogens with zero attached hydrogens (tertiary/aromatic N) is 1. The molecule has 102 valence electrons. The van der Waals surface area contributed by atoms with Gasteiger partial charge in [0.15, 0.2) is 0 Å². The van der Waals surface area contributed by atoms with E-state index in [-0.39, 0.29) is 12.1 Å². The molecule has 1 aromatic rings. The smallest absolute Gasteiger partial charge is 0.325 e. The topological polar surface area (TPSA) is 110 Å². The molecule has 19 heavy (non-hydrogen) atoms. The van der Waals surface area contributed by atoms with Crippen LogP contribution < -0.4 is 5.32 Å². The largest absolute Gasteiger partial charge is 0.480 e. The number of carbonyl (C=O) groups excluding carboxylic acids is 1. The zero-order valence-corrected chi connectivity index (χ0v) is 10.3. The summed E-state index contributed by atoms with van der Waals surface area (Å²) >= 11 is 0. The molecule has 1 rings (SSSR count). The van der Waals surface area contributed by atoms with Gasteiger partial charge in [-0.2, -0.15) is 0 Å². The van der Waals surface area contributed by atoms with Gasteiger partial charge in [0.2, 0.25) is 5.91 Å². The van der Waals surface area contributed by atoms with Crippen molar-refractivity contribution in [2.24, 2.45) is 0 Å². The fourth-order valence-electron chi connectivity index (χ4n) is 1.46. The molecule has 1 atom stereocenters. The number of carbonyl (C=O) groups is 2. The molecule has 0 aliphatic carbocycles. The summed E-state index contributed by atoms with van der Waals surface area (Å²) in [5, 5.41) is 21.5. The van der Waals surface area contributed by atoms with Crippen molar-refractivity contribution in [3.63, 3.8) is 0 Å². The normalized spacial score (nSPS) is 11.6. The molecule has 7 nitrogen and oxygen atoms in total. The van der Waals surface area contributed by atoms with E-state index in [4.69, 9.17) is 5.11 Å². The fourth-order valence-corrected chi connectivity index (χ4v) is 1.46. The van der Waals surface area contributed by atoms with E-state index in [9.17, 15) is 19.7 Å². The maximum Gasteiger partial charge on any atom is 0.325 e. The second kappa shape index (κ2) is 6.48. The van der Waals surface area contributed by atoms with Crippen LogP contribution in [0.4, 0.5) is 5.69 Å². The lowest BCUT2D eigenvalue weighted by Gasteiger charge is -2.08. The number of hydrogen-bond donors (Lipinski definition) is 2. The monoisotopic (exact) mass is 266 g/mol. The Bertz CT molecular complexity index is 501. The molecule has 0 bridgehead atoms. The molecule has 0 aliphatic heterocycles. The highest BCUT2D eigenvalue weighted by Crippen LogP contribution is 2.14. The molecule has 1 aromatic carbocycles. The third kappa shape index (κ3) is 4.74. The van der Waals surface area contributed by atoms with Gasteiger partial charge in [-0.1, -0.05) is 12.1 Å². The van der Waals surface area contributed by atoms with E-state index in [0.29, 0.717) is 12.0 Å². The minimum atomic E-state index is -1.11. The number of nitro groups is 1. The van der Waals surface area contributed by atoms with E-state index in [1.807, 2.05) is 0 Å². The van der Waals surface area contributed by atoms with Crippen LogP contribution in [0.1, 0.15) is 18.9 Å². The standard InChI is InChI=1S/C12H14N2O5/c1-8(12(16)17)13-11(15)6-5-9-3-2-4-10(7-9)14(18)19/h2-4,7-8H,5-6H2,1H3,(H,13,15)(H,16,17)/t8-/m1/s1. The lowest BCUT2D eigenvalue weighted by atomic mass is 10.1. The summed E-state index contributed by atoms with van der Waals surface area (Å²) in [6.45, 7) is 1.37. The van der Waals surface area contributed by atoms with Crippen LogP contribution in [0.2, 0.25) is 0 Å². The van der Waals surface area contributed by atoms with E-state index in [1.54, 1.807) is 12.1 Å². The summed E-state index contributed by atoms with van der Waals surface area (Å²) in [6.07, 6.45) is 0.401. The Morgan fingerprint density at radius 2 is 2.16 bits per heavy atom. The van der Waals surface area contributed by atoms with Crippen LogP contribution in [0, 0.1) is 10.1 Å². The first-order valence-electron chi connectivity index (χ1n) is 5.65. The molecular formula is C12H14N2O5. The number of carboxylic acids is 1. The van der Waals surface area contributed by atoms with E-state index in [1.165, 1.54) is 19.1 Å². The number of hydrogen-bond acceptors (Lipinski definition) is 4. The van der Waals surface area contributed by atoms with Crippen molar-refractivity contribution in [3.05, 3.63) is 39.9 Å². The Labute approximate surface area is 109 Å². The summed E-state index contributed by atoms with van der Waals surface area (Å²) < 4.78 is 0. The van der Waals surface area contributed by atoms with Gasteiger partial charge in [0.05, 0.1) is 4.92 Å². The molecule has 1 amide bonds. The number of non-ortho nitro benzene ring substituents is 1. The number of nitro benzene ring substituents is 1. The van der Waals surface area contributed by atoms with Gasteiger partial charge in [-0.25, -0.2) is 0 Å². The second-order valence-corrected chi connectivity index (χ2v) is 4.05. The highest BCUT2D eigenvalue weighted by molar-refractivity contribution is 5.83. The predicted octanol–water partition coefficient (Wildman–Crippen LogP) is 1.12. The first-order valence-corrected chi connectivity index (χ1v) is 5.65. The van der Waals surface area contributed by atoms with Gasteiger partial charge in [0.1, 0.15) is 6.04 Å². The van der Waals surface area contributed by atoms with Crippen LogP contribution in [0.25, 0.3) is 0 Å². The summed E-state index contributed by atoms with van der Waals surface area (Å²) in [6, 6.07) is 5.05. The number of rotatable bonds is 6. The predicted molar refractivity (Wildman–Crippen MR) is 66.7 cm³/mol. The summed E-state index contributed by atoms with van der Waals surface area (Å²) in [5.74, 6) is -1.51. The lowest BCUT2D eigenvalue weighted by molar-refractivity contribution is -0.384. The third-order valence-electron chi connectivity index (χ3n) is 2.51. The molecule has 0 saturated carbocycles. The number of aliphatic carboxylic acids is 1. The molecule has 7 heteroatoms. The average Bonchev–Trinajstić information content (AvgIpc) is 2.36. The van der Waals surface area contributed by atoms with Gasteiger partial charge in [-0.3, -0.25) is 19.7 Å². The zero-order valence-electron chi connectivity index (χ0n) is 10.3. The molecule has 0 aromatic heterocycles. The van der Waals surface area contributed by atoms with Crippen LogP contribution in [0.15, 0.2) is 24.3 Å². The highest BCUT2D eigenvalue weighted by atomic mass is 16.6. The second-order valence-electron chi connectivity index (χ2n) is 4.05. The van der Waals surface area contributed by atoms with Crippen molar-refractivity contribution < 1.29 is 19.6 Å². The quantitative estimate of drug-likeness (QED) is 0.592. The van der Waals surface area contributed by atoms with Crippen molar-refractivity contribution in [1.82, 2.24) is 5.32 Å². The Morgan fingerprint density at radius 1 is 1.47 bits per heavy atom. The summed E-state index contributed by atoms with van der Waals surface area (Å²) in [7, 11) is 0. The highest BCUT2D eigenvalue weighted by Gasteiger charge is 2.14. The van der Waals surface area contributed by atoms with Crippen LogP contribution in [-0.2, 0) is 16.0 Å². The van der Waals surface area contributed by atoms with Crippen molar-refractivity contribution in [1.29, 1.82) is 0 Å². The van der Waals surface area contributed by atoms with Crippen LogP contribution in [0.5, 0.6) is 0 Å². The maximum absolute atomic E-state index is 11.4. The third-order valence-corrected chi connectivity index (χ3v) is 2.51. The fraction of sp³-hybridized carbons (Fsp3) is 0.333. The van der Waals surface area contributed by atoms with Crippen molar-refractivity contribution >= 4 is 17.6 Å². The first-order chi connectivity index (χ1) is 8.90. The minimum Gasteiger partial charge on any atom is -0.480 e. The Hall–Kier alpha value is -2.44. The average molecular weight is 266 g/mol. The van der Waals surface area contributed by atoms with Crippen LogP contribution in [0.3, 0.4) is 0 Å². The van der Waals surface area contributed by atoms with Crippen molar-refractivity contribution in [2.45, 2.75) is 25.8 Å². The Balaban J connectivity index is 2.53. The number of aryl methyl sites for hydroxylation is 1. The van der Waals surface area contributed by atoms with Crippen molar-refractivity contribution in [3.8, 4) is 0 Å². The number of nitrogens with one attached hydrogen (secondary N) is 1. The Kier molecular flexibility index (Phi) is 4.99. The first kappa shape index (κ1) is 14.6. The molecule has 0 aliphatic rings. The van der Waals surface area contributed by atoms with Crippen LogP contribution >= 0.6 is 0 Å². The van der Waals surface area contributed by atoms with Crippen molar-refractivity contribution in [2.75, 3.05) is 0 Å². The SMILES string of the molecule is C[C@@H](NC(=O)CCc1cccc([N+](=O)[O-])c1)C(=O)O. The molecule has 0 unspecified atom stereocenters. The number of carboxylic acid groups (broad SMARTS) is 1. The lowest BCUT2D eigenvalue weighted by Crippen LogP contribution is -2.38. The molecule has 2 N–H and O–H groups in total. The maximum atomic E-state index is 11.4. The van der Waals surface area contributed by atoms with Crippen LogP contribution in [-0.4, -0.2) is 27.9 Å². The van der Waals surface area contributed by atoms with Gasteiger partial charge in [0, 0.05) is 18.6 Å². The molecule has 0 radical (unpaired) electrons. The van der Waals surface area contributed by atoms with Gasteiger partial charge >= 0.3 is 5.97 Å². The molecule has 0 heterocycles. The zero-order chi connectivity index (χ0) is 14.4. The molecule has 0 fully saturated rings. The van der Waals surface area contributed by atoms with Gasteiger partial charge in [-0.05, 0) is 18.9 Å². The molecule has 0 saturated heterocycles. The van der Waals surface area contributed by atoms with E-state index >= 15 is 0 Å². The minimum absolute atomic E-state index is 0.0307. The van der Waals surface area contributed by atoms with Gasteiger partial charge in [-0.15, -0.1) is 0 Å². The molecular weight excluding hydrogens is 252 g/mol. The summed E-state index contributed by atoms with van der Waals surface area (Å²) in [5.41, 5.74) is 0.629. The van der Waals surface area contributed by atoms with E-state index < -0.39 is 22.8 Å².